The van der Waals surface area contributed by atoms with E-state index in [0.29, 0.717) is 31.7 Å². The monoisotopic (exact) mass is 449 g/mol. The van der Waals surface area contributed by atoms with Crippen LogP contribution in [0.2, 0.25) is 0 Å². The molecule has 2 heterocycles. The van der Waals surface area contributed by atoms with Gasteiger partial charge in [0.15, 0.2) is 5.96 Å². The van der Waals surface area contributed by atoms with Crippen molar-refractivity contribution in [3.63, 3.8) is 0 Å². The van der Waals surface area contributed by atoms with Gasteiger partial charge in [-0.15, -0.1) is 0 Å². The molecule has 0 bridgehead atoms. The summed E-state index contributed by atoms with van der Waals surface area (Å²) >= 11 is 0. The first-order valence-corrected chi connectivity index (χ1v) is 12.0. The number of benzene rings is 1. The molecule has 7 nitrogen and oxygen atoms in total. The van der Waals surface area contributed by atoms with Crippen molar-refractivity contribution in [2.75, 3.05) is 72.2 Å². The van der Waals surface area contributed by atoms with Gasteiger partial charge in [-0.25, -0.2) is 4.39 Å². The number of halogens is 1. The predicted molar refractivity (Wildman–Crippen MR) is 127 cm³/mol. The predicted octanol–water partition coefficient (Wildman–Crippen LogP) is 2.11. The van der Waals surface area contributed by atoms with Crippen molar-refractivity contribution in [1.29, 1.82) is 0 Å². The number of nitrogens with one attached hydrogen (secondary N) is 2. The highest BCUT2D eigenvalue weighted by atomic mass is 19.1. The summed E-state index contributed by atoms with van der Waals surface area (Å²) < 4.78 is 25.0. The number of ether oxygens (including phenoxy) is 2. The number of rotatable bonds is 9. The fraction of sp³-hybridized carbons (Fsp3) is 0.708. The van der Waals surface area contributed by atoms with Crippen molar-refractivity contribution in [2.45, 2.75) is 32.9 Å². The molecular formula is C24H40FN5O2. The van der Waals surface area contributed by atoms with Crippen LogP contribution < -0.4 is 10.6 Å². The molecule has 3 rings (SSSR count). The summed E-state index contributed by atoms with van der Waals surface area (Å²) in [6, 6.07) is 7.36. The highest BCUT2D eigenvalue weighted by molar-refractivity contribution is 5.79. The molecule has 1 aromatic carbocycles. The first-order chi connectivity index (χ1) is 15.6. The fourth-order valence-corrected chi connectivity index (χ4v) is 4.44. The smallest absolute Gasteiger partial charge is 0.191 e. The van der Waals surface area contributed by atoms with Gasteiger partial charge in [0.05, 0.1) is 39.0 Å². The van der Waals surface area contributed by atoms with Crippen LogP contribution in [0.3, 0.4) is 0 Å². The molecule has 2 saturated heterocycles. The Morgan fingerprint density at radius 3 is 2.28 bits per heavy atom. The first kappa shape index (κ1) is 24.9. The van der Waals surface area contributed by atoms with Crippen LogP contribution >= 0.6 is 0 Å². The van der Waals surface area contributed by atoms with E-state index >= 15 is 0 Å². The second-order valence-corrected chi connectivity index (χ2v) is 8.78. The molecule has 0 radical (unpaired) electrons. The van der Waals surface area contributed by atoms with Crippen LogP contribution in [-0.4, -0.2) is 94.0 Å². The van der Waals surface area contributed by atoms with E-state index in [1.54, 1.807) is 12.1 Å². The van der Waals surface area contributed by atoms with Crippen LogP contribution in [0.5, 0.6) is 0 Å². The zero-order valence-corrected chi connectivity index (χ0v) is 19.9. The minimum absolute atomic E-state index is 0.0543. The molecule has 0 spiro atoms. The summed E-state index contributed by atoms with van der Waals surface area (Å²) in [5, 5.41) is 6.90. The van der Waals surface area contributed by atoms with Gasteiger partial charge in [0.1, 0.15) is 5.82 Å². The van der Waals surface area contributed by atoms with Gasteiger partial charge in [0.2, 0.25) is 0 Å². The Labute approximate surface area is 192 Å². The van der Waals surface area contributed by atoms with E-state index in [9.17, 15) is 4.39 Å². The molecule has 1 aromatic rings. The lowest BCUT2D eigenvalue weighted by Crippen LogP contribution is -2.49. The van der Waals surface area contributed by atoms with Gasteiger partial charge in [0.25, 0.3) is 0 Å². The molecule has 0 saturated carbocycles. The second-order valence-electron chi connectivity index (χ2n) is 8.78. The van der Waals surface area contributed by atoms with Crippen LogP contribution in [0.4, 0.5) is 4.39 Å². The van der Waals surface area contributed by atoms with Crippen molar-refractivity contribution in [2.24, 2.45) is 10.9 Å². The first-order valence-electron chi connectivity index (χ1n) is 12.0. The Morgan fingerprint density at radius 2 is 1.69 bits per heavy atom. The summed E-state index contributed by atoms with van der Waals surface area (Å²) in [4.78, 5) is 9.78. The van der Waals surface area contributed by atoms with Crippen LogP contribution in [0.25, 0.3) is 0 Å². The van der Waals surface area contributed by atoms with Crippen molar-refractivity contribution < 1.29 is 13.9 Å². The topological polar surface area (TPSA) is 61.4 Å². The third-order valence-corrected chi connectivity index (χ3v) is 6.25. The highest BCUT2D eigenvalue weighted by Gasteiger charge is 2.25. The third-order valence-electron chi connectivity index (χ3n) is 6.25. The van der Waals surface area contributed by atoms with E-state index in [0.717, 1.165) is 64.0 Å². The van der Waals surface area contributed by atoms with Crippen molar-refractivity contribution in [1.82, 2.24) is 20.4 Å². The summed E-state index contributed by atoms with van der Waals surface area (Å²) in [5.41, 5.74) is 0.976. The molecule has 0 aromatic heterocycles. The second kappa shape index (κ2) is 13.1. The van der Waals surface area contributed by atoms with E-state index in [4.69, 9.17) is 14.5 Å². The standard InChI is InChI=1S/C24H40FN5O2/c1-4-26-24(27-17-22(19(2)3)29-8-12-31-13-9-29)28-18-23(30-10-14-32-15-11-30)20-6-5-7-21(25)16-20/h5-7,16,19,22-23H,4,8-15,17-18H2,1-3H3,(H2,26,27,28). The molecule has 8 heteroatoms. The Bertz CT molecular complexity index is 705. The largest absolute Gasteiger partial charge is 0.379 e. The molecule has 2 fully saturated rings. The van der Waals surface area contributed by atoms with Crippen LogP contribution in [0, 0.1) is 11.7 Å². The number of hydrogen-bond acceptors (Lipinski definition) is 5. The normalized spacial score (nSPS) is 20.8. The molecular weight excluding hydrogens is 409 g/mol. The van der Waals surface area contributed by atoms with E-state index in [2.05, 4.69) is 41.2 Å². The lowest BCUT2D eigenvalue weighted by Gasteiger charge is -2.36. The van der Waals surface area contributed by atoms with Crippen molar-refractivity contribution in [3.8, 4) is 0 Å². The van der Waals surface area contributed by atoms with Crippen molar-refractivity contribution >= 4 is 5.96 Å². The van der Waals surface area contributed by atoms with Crippen molar-refractivity contribution in [3.05, 3.63) is 35.6 Å². The average molecular weight is 450 g/mol. The third kappa shape index (κ3) is 7.40. The van der Waals surface area contributed by atoms with E-state index in [-0.39, 0.29) is 11.9 Å². The van der Waals surface area contributed by atoms with E-state index < -0.39 is 0 Å². The van der Waals surface area contributed by atoms with Gasteiger partial charge >= 0.3 is 0 Å². The quantitative estimate of drug-likeness (QED) is 0.445. The Morgan fingerprint density at radius 1 is 1.03 bits per heavy atom. The Kier molecular flexibility index (Phi) is 10.2. The van der Waals surface area contributed by atoms with E-state index in [1.807, 2.05) is 6.07 Å². The van der Waals surface area contributed by atoms with Gasteiger partial charge < -0.3 is 20.1 Å². The fourth-order valence-electron chi connectivity index (χ4n) is 4.44. The molecule has 180 valence electrons. The summed E-state index contributed by atoms with van der Waals surface area (Å²) in [5.74, 6) is 1.11. The summed E-state index contributed by atoms with van der Waals surface area (Å²) in [6.07, 6.45) is 0. The Balaban J connectivity index is 1.69. The molecule has 0 amide bonds. The van der Waals surface area contributed by atoms with Gasteiger partial charge in [-0.3, -0.25) is 14.8 Å². The highest BCUT2D eigenvalue weighted by Crippen LogP contribution is 2.22. The summed E-state index contributed by atoms with van der Waals surface area (Å²) in [6.45, 7) is 15.3. The number of guanidine groups is 1. The number of nitrogens with zero attached hydrogens (tertiary/aromatic N) is 3. The number of aliphatic imine (C=N–C) groups is 1. The minimum Gasteiger partial charge on any atom is -0.379 e. The van der Waals surface area contributed by atoms with Crippen LogP contribution in [0.15, 0.2) is 29.3 Å². The molecule has 32 heavy (non-hydrogen) atoms. The van der Waals surface area contributed by atoms with Gasteiger partial charge in [-0.2, -0.15) is 0 Å². The Hall–Kier alpha value is -1.74. The summed E-state index contributed by atoms with van der Waals surface area (Å²) in [7, 11) is 0. The van der Waals surface area contributed by atoms with Crippen LogP contribution in [-0.2, 0) is 9.47 Å². The molecule has 2 aliphatic heterocycles. The maximum Gasteiger partial charge on any atom is 0.191 e. The SMILES string of the molecule is CCNC(=NCC(C(C)C)N1CCOCC1)NCC(c1cccc(F)c1)N1CCOCC1. The number of hydrogen-bond donors (Lipinski definition) is 2. The molecule has 0 aliphatic carbocycles. The number of morpholine rings is 2. The average Bonchev–Trinajstić information content (AvgIpc) is 2.80. The maximum atomic E-state index is 14.0. The van der Waals surface area contributed by atoms with Gasteiger partial charge in [-0.1, -0.05) is 26.0 Å². The van der Waals surface area contributed by atoms with Gasteiger partial charge in [-0.05, 0) is 30.5 Å². The molecule has 2 atom stereocenters. The maximum absolute atomic E-state index is 14.0. The lowest BCUT2D eigenvalue weighted by atomic mass is 10.0. The molecule has 2 aliphatic rings. The zero-order valence-electron chi connectivity index (χ0n) is 19.9. The molecule has 2 unspecified atom stereocenters. The minimum atomic E-state index is -0.202. The van der Waals surface area contributed by atoms with Crippen LogP contribution in [0.1, 0.15) is 32.4 Å². The molecule has 2 N–H and O–H groups in total. The lowest BCUT2D eigenvalue weighted by molar-refractivity contribution is 0.00865. The zero-order chi connectivity index (χ0) is 22.8. The van der Waals surface area contributed by atoms with E-state index in [1.165, 1.54) is 6.07 Å². The van der Waals surface area contributed by atoms with Gasteiger partial charge in [0, 0.05) is 45.3 Å².